The fourth-order valence-electron chi connectivity index (χ4n) is 3.32. The van der Waals surface area contributed by atoms with Crippen LogP contribution in [-0.4, -0.2) is 14.9 Å². The number of fused-ring (bicyclic) bond motifs is 1. The van der Waals surface area contributed by atoms with Gasteiger partial charge in [0.25, 0.3) is 5.56 Å². The van der Waals surface area contributed by atoms with Crippen LogP contribution in [0.3, 0.4) is 0 Å². The van der Waals surface area contributed by atoms with Gasteiger partial charge in [-0.25, -0.2) is 9.36 Å². The van der Waals surface area contributed by atoms with E-state index in [9.17, 15) is 14.4 Å². The van der Waals surface area contributed by atoms with Crippen molar-refractivity contribution in [3.05, 3.63) is 108 Å². The fourth-order valence-corrected chi connectivity index (χ4v) is 3.86. The lowest BCUT2D eigenvalue weighted by Gasteiger charge is -2.14. The summed E-state index contributed by atoms with van der Waals surface area (Å²) in [4.78, 5) is 39.4. The van der Waals surface area contributed by atoms with Crippen molar-refractivity contribution >= 4 is 44.2 Å². The number of halogens is 2. The van der Waals surface area contributed by atoms with Crippen molar-refractivity contribution in [1.29, 1.82) is 0 Å². The molecule has 0 aliphatic heterocycles. The van der Waals surface area contributed by atoms with E-state index < -0.39 is 11.2 Å². The van der Waals surface area contributed by atoms with E-state index in [0.717, 1.165) is 10.1 Å². The number of nitrogens with zero attached hydrogens (tertiary/aromatic N) is 2. The molecule has 0 fully saturated rings. The van der Waals surface area contributed by atoms with Crippen LogP contribution in [0.2, 0.25) is 5.02 Å². The maximum atomic E-state index is 13.3. The predicted octanol–water partition coefficient (Wildman–Crippen LogP) is 4.76. The first-order valence-corrected chi connectivity index (χ1v) is 10.3. The Morgan fingerprint density at radius 3 is 2.43 bits per heavy atom. The third kappa shape index (κ3) is 3.76. The minimum Gasteiger partial charge on any atom is -0.292 e. The van der Waals surface area contributed by atoms with E-state index in [4.69, 9.17) is 11.6 Å². The molecule has 0 bridgehead atoms. The quantitative estimate of drug-likeness (QED) is 0.393. The fraction of sp³-hybridized carbons (Fsp3) is 0.0870. The molecule has 0 radical (unpaired) electrons. The molecule has 1 aromatic heterocycles. The second-order valence-electron chi connectivity index (χ2n) is 6.94. The van der Waals surface area contributed by atoms with Crippen LogP contribution in [0.5, 0.6) is 0 Å². The largest absolute Gasteiger partial charge is 0.336 e. The van der Waals surface area contributed by atoms with Gasteiger partial charge in [-0.05, 0) is 43.3 Å². The number of hydrogen-bond acceptors (Lipinski definition) is 3. The van der Waals surface area contributed by atoms with Crippen molar-refractivity contribution < 1.29 is 4.79 Å². The molecule has 0 aliphatic rings. The van der Waals surface area contributed by atoms with Gasteiger partial charge in [-0.2, -0.15) is 0 Å². The summed E-state index contributed by atoms with van der Waals surface area (Å²) in [5.74, 6) is -0.224. The molecule has 0 spiro atoms. The highest BCUT2D eigenvalue weighted by atomic mass is 79.9. The second-order valence-corrected chi connectivity index (χ2v) is 8.29. The lowest BCUT2D eigenvalue weighted by atomic mass is 10.1. The van der Waals surface area contributed by atoms with E-state index in [1.807, 2.05) is 19.1 Å². The predicted molar refractivity (Wildman–Crippen MR) is 122 cm³/mol. The van der Waals surface area contributed by atoms with Gasteiger partial charge in [0.2, 0.25) is 0 Å². The molecule has 0 unspecified atom stereocenters. The SMILES string of the molecule is Cc1ccc(C(=O)Cn2c(=O)n(-c3cccc(Cl)c3)c(=O)c3cc(Br)ccc32)cc1. The Kier molecular flexibility index (Phi) is 5.45. The summed E-state index contributed by atoms with van der Waals surface area (Å²) in [5.41, 5.74) is 1.20. The van der Waals surface area contributed by atoms with Gasteiger partial charge in [-0.1, -0.05) is 63.4 Å². The molecular weight excluding hydrogens is 468 g/mol. The molecule has 0 amide bonds. The van der Waals surface area contributed by atoms with Gasteiger partial charge in [-0.15, -0.1) is 0 Å². The highest BCUT2D eigenvalue weighted by molar-refractivity contribution is 9.10. The van der Waals surface area contributed by atoms with Crippen molar-refractivity contribution in [1.82, 2.24) is 9.13 Å². The maximum absolute atomic E-state index is 13.3. The zero-order valence-electron chi connectivity index (χ0n) is 15.9. The molecule has 0 aliphatic carbocycles. The number of rotatable bonds is 4. The van der Waals surface area contributed by atoms with E-state index >= 15 is 0 Å². The Bertz CT molecular complexity index is 1410. The summed E-state index contributed by atoms with van der Waals surface area (Å²) in [5, 5.41) is 0.719. The molecule has 5 nitrogen and oxygen atoms in total. The minimum atomic E-state index is -0.599. The topological polar surface area (TPSA) is 61.1 Å². The van der Waals surface area contributed by atoms with Crippen LogP contribution in [0.25, 0.3) is 16.6 Å². The number of ketones is 1. The summed E-state index contributed by atoms with van der Waals surface area (Å²) in [7, 11) is 0. The van der Waals surface area contributed by atoms with Gasteiger partial charge in [0.1, 0.15) is 0 Å². The summed E-state index contributed by atoms with van der Waals surface area (Å²) in [6.07, 6.45) is 0. The van der Waals surface area contributed by atoms with E-state index in [1.54, 1.807) is 54.6 Å². The van der Waals surface area contributed by atoms with Crippen LogP contribution in [0, 0.1) is 6.92 Å². The zero-order chi connectivity index (χ0) is 21.4. The molecule has 1 heterocycles. The summed E-state index contributed by atoms with van der Waals surface area (Å²) in [6, 6.07) is 18.7. The Morgan fingerprint density at radius 2 is 1.73 bits per heavy atom. The molecular formula is C23H16BrClN2O3. The summed E-state index contributed by atoms with van der Waals surface area (Å²) in [6.45, 7) is 1.74. The maximum Gasteiger partial charge on any atom is 0.336 e. The minimum absolute atomic E-state index is 0.194. The first kappa shape index (κ1) is 20.3. The van der Waals surface area contributed by atoms with Gasteiger partial charge < -0.3 is 0 Å². The zero-order valence-corrected chi connectivity index (χ0v) is 18.3. The van der Waals surface area contributed by atoms with Gasteiger partial charge in [0.15, 0.2) is 5.78 Å². The number of hydrogen-bond donors (Lipinski definition) is 0. The van der Waals surface area contributed by atoms with E-state index in [1.165, 1.54) is 4.57 Å². The van der Waals surface area contributed by atoms with Crippen molar-refractivity contribution in [3.8, 4) is 5.69 Å². The van der Waals surface area contributed by atoms with Gasteiger partial charge in [0.05, 0.1) is 23.1 Å². The Morgan fingerprint density at radius 1 is 1.00 bits per heavy atom. The molecule has 7 heteroatoms. The molecule has 4 aromatic rings. The molecule has 3 aromatic carbocycles. The van der Waals surface area contributed by atoms with E-state index in [-0.39, 0.29) is 12.3 Å². The summed E-state index contributed by atoms with van der Waals surface area (Å²) < 4.78 is 3.06. The van der Waals surface area contributed by atoms with E-state index in [0.29, 0.717) is 31.6 Å². The van der Waals surface area contributed by atoms with Crippen LogP contribution in [0.4, 0.5) is 0 Å². The van der Waals surface area contributed by atoms with Crippen molar-refractivity contribution in [2.24, 2.45) is 0 Å². The van der Waals surface area contributed by atoms with Crippen LogP contribution in [0.15, 0.2) is 80.8 Å². The number of aryl methyl sites for hydroxylation is 1. The number of Topliss-reactive ketones (excluding diaryl/α,β-unsaturated/α-hetero) is 1. The Hall–Kier alpha value is -2.96. The highest BCUT2D eigenvalue weighted by Crippen LogP contribution is 2.18. The standard InChI is InChI=1S/C23H16BrClN2O3/c1-14-5-7-15(8-6-14)21(28)13-26-20-10-9-16(24)11-19(20)22(29)27(23(26)30)18-4-2-3-17(25)12-18/h2-12H,13H2,1H3. The number of aromatic nitrogens is 2. The van der Waals surface area contributed by atoms with Crippen LogP contribution < -0.4 is 11.2 Å². The third-order valence-corrected chi connectivity index (χ3v) is 5.58. The Balaban J connectivity index is 1.96. The van der Waals surface area contributed by atoms with Crippen LogP contribution >= 0.6 is 27.5 Å². The lowest BCUT2D eigenvalue weighted by Crippen LogP contribution is -2.40. The normalized spacial score (nSPS) is 11.0. The second kappa shape index (κ2) is 8.05. The monoisotopic (exact) mass is 482 g/mol. The number of benzene rings is 3. The average molecular weight is 484 g/mol. The van der Waals surface area contributed by atoms with Crippen molar-refractivity contribution in [2.75, 3.05) is 0 Å². The first-order chi connectivity index (χ1) is 14.3. The summed E-state index contributed by atoms with van der Waals surface area (Å²) >= 11 is 9.45. The molecule has 4 rings (SSSR count). The molecule has 0 atom stereocenters. The molecule has 0 saturated carbocycles. The third-order valence-electron chi connectivity index (χ3n) is 4.85. The van der Waals surface area contributed by atoms with Crippen LogP contribution in [0.1, 0.15) is 15.9 Å². The van der Waals surface area contributed by atoms with Gasteiger partial charge in [0, 0.05) is 15.1 Å². The van der Waals surface area contributed by atoms with Gasteiger partial charge >= 0.3 is 5.69 Å². The molecule has 150 valence electrons. The number of carbonyl (C=O) groups excluding carboxylic acids is 1. The van der Waals surface area contributed by atoms with Gasteiger partial charge in [-0.3, -0.25) is 14.2 Å². The number of carbonyl (C=O) groups is 1. The molecule has 0 saturated heterocycles. The molecule has 0 N–H and O–H groups in total. The van der Waals surface area contributed by atoms with Crippen LogP contribution in [-0.2, 0) is 6.54 Å². The smallest absolute Gasteiger partial charge is 0.292 e. The average Bonchev–Trinajstić information content (AvgIpc) is 2.72. The van der Waals surface area contributed by atoms with Crippen molar-refractivity contribution in [3.63, 3.8) is 0 Å². The first-order valence-electron chi connectivity index (χ1n) is 9.16. The lowest BCUT2D eigenvalue weighted by molar-refractivity contribution is 0.0971. The van der Waals surface area contributed by atoms with E-state index in [2.05, 4.69) is 15.9 Å². The highest BCUT2D eigenvalue weighted by Gasteiger charge is 2.18. The van der Waals surface area contributed by atoms with Crippen molar-refractivity contribution in [2.45, 2.75) is 13.5 Å². The molecule has 30 heavy (non-hydrogen) atoms. The Labute approximate surface area is 185 Å².